The Morgan fingerprint density at radius 2 is 2.15 bits per heavy atom. The van der Waals surface area contributed by atoms with Crippen LogP contribution in [0.15, 0.2) is 24.3 Å². The third-order valence-corrected chi connectivity index (χ3v) is 5.24. The Kier molecular flexibility index (Phi) is 3.16. The molecule has 2 aliphatic rings. The second-order valence-electron chi connectivity index (χ2n) is 6.04. The molecule has 0 saturated carbocycles. The maximum Gasteiger partial charge on any atom is 0.187 e. The molecule has 1 fully saturated rings. The lowest BCUT2D eigenvalue weighted by Gasteiger charge is -2.57. The van der Waals surface area contributed by atoms with Crippen LogP contribution in [0.1, 0.15) is 45.7 Å². The average Bonchev–Trinajstić information content (AvgIpc) is 2.42. The van der Waals surface area contributed by atoms with Gasteiger partial charge in [0.2, 0.25) is 0 Å². The molecule has 1 aromatic carbocycles. The van der Waals surface area contributed by atoms with Gasteiger partial charge in [-0.2, -0.15) is 0 Å². The van der Waals surface area contributed by atoms with E-state index in [0.717, 1.165) is 17.3 Å². The van der Waals surface area contributed by atoms with Gasteiger partial charge in [-0.15, -0.1) is 0 Å². The molecule has 1 aromatic rings. The quantitative estimate of drug-likeness (QED) is 0.843. The second kappa shape index (κ2) is 4.62. The molecule has 2 heterocycles. The lowest BCUT2D eigenvalue weighted by molar-refractivity contribution is -0.123. The molecular formula is C16H22N2OS. The average molecular weight is 290 g/mol. The van der Waals surface area contributed by atoms with Crippen LogP contribution in [0.2, 0.25) is 0 Å². The van der Waals surface area contributed by atoms with Crippen LogP contribution < -0.4 is 10.1 Å². The van der Waals surface area contributed by atoms with Gasteiger partial charge in [-0.05, 0) is 38.6 Å². The van der Waals surface area contributed by atoms with E-state index in [2.05, 4.69) is 56.1 Å². The first-order valence-corrected chi connectivity index (χ1v) is 7.77. The van der Waals surface area contributed by atoms with Gasteiger partial charge in [0.05, 0.1) is 6.04 Å². The zero-order chi connectivity index (χ0) is 14.5. The van der Waals surface area contributed by atoms with Crippen molar-refractivity contribution in [2.24, 2.45) is 5.92 Å². The maximum absolute atomic E-state index is 6.41. The molecule has 0 radical (unpaired) electrons. The van der Waals surface area contributed by atoms with Gasteiger partial charge in [0.25, 0.3) is 0 Å². The largest absolute Gasteiger partial charge is 0.467 e. The fraction of sp³-hybridized carbons (Fsp3) is 0.562. The Bertz CT molecular complexity index is 547. The summed E-state index contributed by atoms with van der Waals surface area (Å²) in [5.41, 5.74) is 0.833. The van der Waals surface area contributed by atoms with Crippen molar-refractivity contribution in [1.29, 1.82) is 0 Å². The SMILES string of the molecule is CCC(C)N1C(=S)NC2c3ccccc3OC1(C)C2C. The summed E-state index contributed by atoms with van der Waals surface area (Å²) in [7, 11) is 0. The van der Waals surface area contributed by atoms with Crippen molar-refractivity contribution in [3.63, 3.8) is 0 Å². The monoisotopic (exact) mass is 290 g/mol. The molecule has 0 aliphatic carbocycles. The van der Waals surface area contributed by atoms with Gasteiger partial charge >= 0.3 is 0 Å². The fourth-order valence-electron chi connectivity index (χ4n) is 3.42. The zero-order valence-electron chi connectivity index (χ0n) is 12.5. The van der Waals surface area contributed by atoms with Crippen LogP contribution >= 0.6 is 12.2 Å². The maximum atomic E-state index is 6.41. The van der Waals surface area contributed by atoms with E-state index in [1.807, 2.05) is 6.07 Å². The number of nitrogens with zero attached hydrogens (tertiary/aromatic N) is 1. The molecule has 0 amide bonds. The van der Waals surface area contributed by atoms with Crippen molar-refractivity contribution in [3.8, 4) is 5.75 Å². The predicted octanol–water partition coefficient (Wildman–Crippen LogP) is 3.46. The molecule has 1 N–H and O–H groups in total. The van der Waals surface area contributed by atoms with Crippen LogP contribution in [0.5, 0.6) is 5.75 Å². The first kappa shape index (κ1) is 13.7. The Labute approximate surface area is 126 Å². The number of ether oxygens (including phenoxy) is 1. The molecule has 20 heavy (non-hydrogen) atoms. The van der Waals surface area contributed by atoms with Crippen molar-refractivity contribution in [3.05, 3.63) is 29.8 Å². The molecule has 4 unspecified atom stereocenters. The minimum absolute atomic E-state index is 0.234. The molecule has 3 rings (SSSR count). The molecule has 0 aromatic heterocycles. The number of hydrogen-bond donors (Lipinski definition) is 1. The van der Waals surface area contributed by atoms with Crippen molar-refractivity contribution in [1.82, 2.24) is 10.2 Å². The number of para-hydroxylation sites is 1. The standard InChI is InChI=1S/C16H22N2OS/c1-5-10(2)18-15(20)17-14-11(3)16(18,4)19-13-9-7-6-8-12(13)14/h6-11,14H,5H2,1-4H3,(H,17,20). The molecular weight excluding hydrogens is 268 g/mol. The van der Waals surface area contributed by atoms with E-state index in [1.54, 1.807) is 0 Å². The van der Waals surface area contributed by atoms with Crippen molar-refractivity contribution < 1.29 is 4.74 Å². The van der Waals surface area contributed by atoms with Crippen molar-refractivity contribution in [2.45, 2.75) is 51.9 Å². The first-order chi connectivity index (χ1) is 9.49. The van der Waals surface area contributed by atoms with Crippen molar-refractivity contribution in [2.75, 3.05) is 0 Å². The van der Waals surface area contributed by atoms with Crippen molar-refractivity contribution >= 4 is 17.3 Å². The Morgan fingerprint density at radius 3 is 2.85 bits per heavy atom. The molecule has 3 nitrogen and oxygen atoms in total. The lowest BCUT2D eigenvalue weighted by Crippen LogP contribution is -2.70. The van der Waals surface area contributed by atoms with Gasteiger partial charge in [-0.3, -0.25) is 0 Å². The van der Waals surface area contributed by atoms with Crippen LogP contribution in [-0.4, -0.2) is 21.8 Å². The van der Waals surface area contributed by atoms with Gasteiger partial charge in [-0.25, -0.2) is 0 Å². The molecule has 1 saturated heterocycles. The highest BCUT2D eigenvalue weighted by Crippen LogP contribution is 2.48. The zero-order valence-corrected chi connectivity index (χ0v) is 13.3. The lowest BCUT2D eigenvalue weighted by atomic mass is 9.80. The predicted molar refractivity (Wildman–Crippen MR) is 84.7 cm³/mol. The topological polar surface area (TPSA) is 24.5 Å². The first-order valence-electron chi connectivity index (χ1n) is 7.36. The summed E-state index contributed by atoms with van der Waals surface area (Å²) in [6.45, 7) is 8.80. The van der Waals surface area contributed by atoms with Gasteiger partial charge in [-0.1, -0.05) is 32.0 Å². The van der Waals surface area contributed by atoms with Gasteiger partial charge in [0, 0.05) is 17.5 Å². The van der Waals surface area contributed by atoms with Crippen LogP contribution in [0.25, 0.3) is 0 Å². The summed E-state index contributed by atoms with van der Waals surface area (Å²) < 4.78 is 6.41. The summed E-state index contributed by atoms with van der Waals surface area (Å²) in [5.74, 6) is 1.31. The molecule has 108 valence electrons. The summed E-state index contributed by atoms with van der Waals surface area (Å²) in [4.78, 5) is 2.24. The van der Waals surface area contributed by atoms with E-state index in [1.165, 1.54) is 5.56 Å². The van der Waals surface area contributed by atoms with Crippen LogP contribution in [0.3, 0.4) is 0 Å². The highest BCUT2D eigenvalue weighted by Gasteiger charge is 2.54. The van der Waals surface area contributed by atoms with Gasteiger partial charge in [0.1, 0.15) is 5.75 Å². The Morgan fingerprint density at radius 1 is 1.45 bits per heavy atom. The number of rotatable bonds is 2. The minimum Gasteiger partial charge on any atom is -0.467 e. The summed E-state index contributed by atoms with van der Waals surface area (Å²) in [5, 5.41) is 4.33. The van der Waals surface area contributed by atoms with E-state index in [9.17, 15) is 0 Å². The smallest absolute Gasteiger partial charge is 0.187 e. The number of nitrogens with one attached hydrogen (secondary N) is 1. The van der Waals surface area contributed by atoms with Crippen LogP contribution in [0, 0.1) is 5.92 Å². The summed E-state index contributed by atoms with van der Waals surface area (Å²) in [6.07, 6.45) is 1.04. The Balaban J connectivity index is 2.10. The number of fused-ring (bicyclic) bond motifs is 4. The minimum atomic E-state index is -0.378. The summed E-state index contributed by atoms with van der Waals surface area (Å²) in [6, 6.07) is 8.86. The summed E-state index contributed by atoms with van der Waals surface area (Å²) >= 11 is 5.61. The highest BCUT2D eigenvalue weighted by molar-refractivity contribution is 7.80. The fourth-order valence-corrected chi connectivity index (χ4v) is 3.91. The van der Waals surface area contributed by atoms with E-state index < -0.39 is 0 Å². The molecule has 4 heteroatoms. The Hall–Kier alpha value is -1.29. The third-order valence-electron chi connectivity index (χ3n) is 4.92. The molecule has 2 bridgehead atoms. The number of thiocarbonyl (C=S) groups is 1. The third kappa shape index (κ3) is 1.74. The van der Waals surface area contributed by atoms with Gasteiger partial charge in [0.15, 0.2) is 10.8 Å². The van der Waals surface area contributed by atoms with Crippen LogP contribution in [-0.2, 0) is 0 Å². The van der Waals surface area contributed by atoms with Crippen LogP contribution in [0.4, 0.5) is 0 Å². The van der Waals surface area contributed by atoms with Gasteiger partial charge < -0.3 is 15.0 Å². The molecule has 0 spiro atoms. The molecule has 2 aliphatic heterocycles. The number of benzene rings is 1. The van der Waals surface area contributed by atoms with E-state index in [4.69, 9.17) is 17.0 Å². The van der Waals surface area contributed by atoms with E-state index >= 15 is 0 Å². The number of hydrogen-bond acceptors (Lipinski definition) is 2. The van der Waals surface area contributed by atoms with E-state index in [0.29, 0.717) is 12.0 Å². The second-order valence-corrected chi connectivity index (χ2v) is 6.42. The van der Waals surface area contributed by atoms with E-state index in [-0.39, 0.29) is 11.8 Å². The molecule has 4 atom stereocenters. The highest BCUT2D eigenvalue weighted by atomic mass is 32.1. The normalized spacial score (nSPS) is 33.0.